The van der Waals surface area contributed by atoms with Crippen LogP contribution in [0.3, 0.4) is 0 Å². The van der Waals surface area contributed by atoms with Crippen LogP contribution in [0.25, 0.3) is 17.1 Å². The van der Waals surface area contributed by atoms with E-state index in [0.717, 1.165) is 29.1 Å². The Morgan fingerprint density at radius 1 is 1.03 bits per heavy atom. The minimum atomic E-state index is -0.132. The van der Waals surface area contributed by atoms with Gasteiger partial charge in [-0.05, 0) is 48.7 Å². The first kappa shape index (κ1) is 22.1. The molecule has 162 valence electrons. The van der Waals surface area contributed by atoms with Gasteiger partial charge in [-0.2, -0.15) is 0 Å². The van der Waals surface area contributed by atoms with Gasteiger partial charge >= 0.3 is 0 Å². The Bertz CT molecular complexity index is 1220. The zero-order valence-electron chi connectivity index (χ0n) is 17.9. The number of carbonyl (C=O) groups is 1. The zero-order chi connectivity index (χ0) is 22.5. The molecule has 32 heavy (non-hydrogen) atoms. The number of carbonyl (C=O) groups excluding carboxylic acids is 1. The summed E-state index contributed by atoms with van der Waals surface area (Å²) in [5, 5.41) is 13.0. The third kappa shape index (κ3) is 5.03. The molecule has 1 aromatic heterocycles. The van der Waals surface area contributed by atoms with Crippen molar-refractivity contribution in [2.45, 2.75) is 25.4 Å². The molecular weight excluding hydrogens is 440 g/mol. The SMILES string of the molecule is CCc1ccc(-n2c(SCC(=O)Nc3ccc(C)c(Cl)c3)nnc2-c2ccccc2)cc1. The number of benzene rings is 3. The van der Waals surface area contributed by atoms with Crippen molar-refractivity contribution in [1.29, 1.82) is 0 Å². The third-order valence-electron chi connectivity index (χ3n) is 5.06. The molecule has 1 amide bonds. The van der Waals surface area contributed by atoms with Crippen LogP contribution in [0.5, 0.6) is 0 Å². The largest absolute Gasteiger partial charge is 0.325 e. The van der Waals surface area contributed by atoms with Gasteiger partial charge in [0.15, 0.2) is 11.0 Å². The van der Waals surface area contributed by atoms with E-state index in [4.69, 9.17) is 11.6 Å². The van der Waals surface area contributed by atoms with Crippen molar-refractivity contribution in [1.82, 2.24) is 14.8 Å². The lowest BCUT2D eigenvalue weighted by molar-refractivity contribution is -0.113. The second-order valence-corrected chi connectivity index (χ2v) is 8.68. The molecule has 0 aliphatic rings. The van der Waals surface area contributed by atoms with Crippen molar-refractivity contribution in [2.75, 3.05) is 11.1 Å². The van der Waals surface area contributed by atoms with E-state index in [2.05, 4.69) is 46.7 Å². The maximum absolute atomic E-state index is 12.6. The van der Waals surface area contributed by atoms with Gasteiger partial charge in [-0.15, -0.1) is 10.2 Å². The van der Waals surface area contributed by atoms with E-state index < -0.39 is 0 Å². The highest BCUT2D eigenvalue weighted by atomic mass is 35.5. The summed E-state index contributed by atoms with van der Waals surface area (Å²) < 4.78 is 2.00. The van der Waals surface area contributed by atoms with Gasteiger partial charge in [0, 0.05) is 22.0 Å². The number of amides is 1. The Morgan fingerprint density at radius 3 is 2.47 bits per heavy atom. The van der Waals surface area contributed by atoms with Crippen LogP contribution >= 0.6 is 23.4 Å². The molecule has 4 aromatic rings. The summed E-state index contributed by atoms with van der Waals surface area (Å²) in [6.45, 7) is 4.05. The highest BCUT2D eigenvalue weighted by Crippen LogP contribution is 2.28. The number of rotatable bonds is 7. The topological polar surface area (TPSA) is 59.8 Å². The van der Waals surface area contributed by atoms with Gasteiger partial charge in [-0.1, -0.05) is 78.8 Å². The molecule has 0 unspecified atom stereocenters. The number of aromatic nitrogens is 3. The number of nitrogens with one attached hydrogen (secondary N) is 1. The van der Waals surface area contributed by atoms with Crippen LogP contribution < -0.4 is 5.32 Å². The standard InChI is InChI=1S/C25H23ClN4OS/c1-3-18-10-13-21(14-11-18)30-24(19-7-5-4-6-8-19)28-29-25(30)32-16-23(31)27-20-12-9-17(2)22(26)15-20/h4-15H,3,16H2,1-2H3,(H,27,31). The molecule has 0 saturated heterocycles. The van der Waals surface area contributed by atoms with Crippen LogP contribution in [0, 0.1) is 6.92 Å². The van der Waals surface area contributed by atoms with E-state index in [9.17, 15) is 4.79 Å². The molecule has 4 rings (SSSR count). The molecule has 0 aliphatic carbocycles. The molecule has 0 atom stereocenters. The van der Waals surface area contributed by atoms with Gasteiger partial charge in [0.05, 0.1) is 5.75 Å². The second-order valence-electron chi connectivity index (χ2n) is 7.33. The fraction of sp³-hybridized carbons (Fsp3) is 0.160. The first-order valence-corrected chi connectivity index (χ1v) is 11.7. The number of halogens is 1. The Balaban J connectivity index is 1.58. The van der Waals surface area contributed by atoms with Crippen LogP contribution in [0.2, 0.25) is 5.02 Å². The van der Waals surface area contributed by atoms with E-state index in [-0.39, 0.29) is 11.7 Å². The van der Waals surface area contributed by atoms with Crippen LogP contribution in [0.4, 0.5) is 5.69 Å². The molecule has 5 nitrogen and oxygen atoms in total. The summed E-state index contributed by atoms with van der Waals surface area (Å²) in [5.41, 5.74) is 4.82. The molecule has 0 bridgehead atoms. The van der Waals surface area contributed by atoms with Gasteiger partial charge in [0.1, 0.15) is 0 Å². The summed E-state index contributed by atoms with van der Waals surface area (Å²) in [6.07, 6.45) is 0.971. The van der Waals surface area contributed by atoms with Gasteiger partial charge in [0.2, 0.25) is 5.91 Å². The molecule has 3 aromatic carbocycles. The number of anilines is 1. The van der Waals surface area contributed by atoms with E-state index >= 15 is 0 Å². The zero-order valence-corrected chi connectivity index (χ0v) is 19.5. The highest BCUT2D eigenvalue weighted by molar-refractivity contribution is 7.99. The van der Waals surface area contributed by atoms with Crippen molar-refractivity contribution >= 4 is 35.0 Å². The molecule has 0 aliphatic heterocycles. The molecule has 0 fully saturated rings. The minimum absolute atomic E-state index is 0.132. The molecule has 0 radical (unpaired) electrons. The Morgan fingerprint density at radius 2 is 1.78 bits per heavy atom. The van der Waals surface area contributed by atoms with Crippen molar-refractivity contribution in [3.63, 3.8) is 0 Å². The van der Waals surface area contributed by atoms with E-state index in [0.29, 0.717) is 15.9 Å². The summed E-state index contributed by atoms with van der Waals surface area (Å²) in [6, 6.07) is 23.7. The third-order valence-corrected chi connectivity index (χ3v) is 6.39. The van der Waals surface area contributed by atoms with Crippen LogP contribution in [0.15, 0.2) is 78.0 Å². The summed E-state index contributed by atoms with van der Waals surface area (Å²) >= 11 is 7.51. The minimum Gasteiger partial charge on any atom is -0.325 e. The first-order chi connectivity index (χ1) is 15.5. The highest BCUT2D eigenvalue weighted by Gasteiger charge is 2.17. The Kier molecular flexibility index (Phi) is 6.93. The lowest BCUT2D eigenvalue weighted by atomic mass is 10.1. The van der Waals surface area contributed by atoms with Crippen LogP contribution in [-0.2, 0) is 11.2 Å². The lowest BCUT2D eigenvalue weighted by Crippen LogP contribution is -2.14. The van der Waals surface area contributed by atoms with E-state index in [1.807, 2.05) is 54.0 Å². The van der Waals surface area contributed by atoms with Crippen molar-refractivity contribution in [2.24, 2.45) is 0 Å². The molecule has 0 saturated carbocycles. The molecule has 0 spiro atoms. The van der Waals surface area contributed by atoms with Gasteiger partial charge in [-0.25, -0.2) is 0 Å². The Labute approximate surface area is 196 Å². The fourth-order valence-electron chi connectivity index (χ4n) is 3.25. The fourth-order valence-corrected chi connectivity index (χ4v) is 4.18. The lowest BCUT2D eigenvalue weighted by Gasteiger charge is -2.11. The average molecular weight is 463 g/mol. The van der Waals surface area contributed by atoms with E-state index in [1.54, 1.807) is 6.07 Å². The molecule has 1 N–H and O–H groups in total. The molecular formula is C25H23ClN4OS. The maximum Gasteiger partial charge on any atom is 0.234 e. The van der Waals surface area contributed by atoms with Gasteiger partial charge < -0.3 is 5.32 Å². The van der Waals surface area contributed by atoms with Crippen molar-refractivity contribution in [3.8, 4) is 17.1 Å². The van der Waals surface area contributed by atoms with E-state index in [1.165, 1.54) is 17.3 Å². The van der Waals surface area contributed by atoms with Crippen LogP contribution in [0.1, 0.15) is 18.1 Å². The Hall–Kier alpha value is -3.09. The monoisotopic (exact) mass is 462 g/mol. The number of thioether (sulfide) groups is 1. The van der Waals surface area contributed by atoms with Gasteiger partial charge in [0.25, 0.3) is 0 Å². The number of nitrogens with zero attached hydrogens (tertiary/aromatic N) is 3. The second kappa shape index (κ2) is 10.0. The molecule has 1 heterocycles. The van der Waals surface area contributed by atoms with Crippen molar-refractivity contribution < 1.29 is 4.79 Å². The summed E-state index contributed by atoms with van der Waals surface area (Å²) in [7, 11) is 0. The average Bonchev–Trinajstić information content (AvgIpc) is 3.25. The maximum atomic E-state index is 12.6. The normalized spacial score (nSPS) is 10.8. The summed E-state index contributed by atoms with van der Waals surface area (Å²) in [5.74, 6) is 0.806. The molecule has 7 heteroatoms. The summed E-state index contributed by atoms with van der Waals surface area (Å²) in [4.78, 5) is 12.6. The predicted molar refractivity (Wildman–Crippen MR) is 132 cm³/mol. The quantitative estimate of drug-likeness (QED) is 0.333. The van der Waals surface area contributed by atoms with Crippen LogP contribution in [-0.4, -0.2) is 26.4 Å². The first-order valence-electron chi connectivity index (χ1n) is 10.3. The smallest absolute Gasteiger partial charge is 0.234 e. The van der Waals surface area contributed by atoms with Gasteiger partial charge in [-0.3, -0.25) is 9.36 Å². The van der Waals surface area contributed by atoms with Crippen molar-refractivity contribution in [3.05, 3.63) is 88.9 Å². The number of hydrogen-bond donors (Lipinski definition) is 1. The predicted octanol–water partition coefficient (Wildman–Crippen LogP) is 6.19. The number of hydrogen-bond acceptors (Lipinski definition) is 4. The number of aryl methyl sites for hydroxylation is 2.